The number of azide groups is 1. The van der Waals surface area contributed by atoms with Crippen LogP contribution in [0.2, 0.25) is 0 Å². The molecule has 8 heteroatoms. The van der Waals surface area contributed by atoms with Crippen LogP contribution in [0.4, 0.5) is 4.39 Å². The Morgan fingerprint density at radius 1 is 1.50 bits per heavy atom. The maximum Gasteiger partial charge on any atom is 0.166 e. The van der Waals surface area contributed by atoms with Crippen molar-refractivity contribution in [3.63, 3.8) is 0 Å². The molecule has 0 amide bonds. The summed E-state index contributed by atoms with van der Waals surface area (Å²) in [5.41, 5.74) is 8.07. The summed E-state index contributed by atoms with van der Waals surface area (Å²) in [5.74, 6) is 0. The topological polar surface area (TPSA) is 119 Å². The van der Waals surface area contributed by atoms with Crippen molar-refractivity contribution in [2.75, 3.05) is 6.61 Å². The maximum absolute atomic E-state index is 13.2. The normalized spacial score (nSPS) is 43.0. The van der Waals surface area contributed by atoms with Crippen molar-refractivity contribution in [2.45, 2.75) is 30.7 Å². The summed E-state index contributed by atoms with van der Waals surface area (Å²) in [6, 6.07) is -1.39. The number of aliphatic hydroxyl groups is 3. The second-order valence-corrected chi connectivity index (χ2v) is 2.88. The Morgan fingerprint density at radius 2 is 2.14 bits per heavy atom. The lowest BCUT2D eigenvalue weighted by molar-refractivity contribution is -0.234. The molecule has 0 aromatic carbocycles. The molecule has 1 fully saturated rings. The van der Waals surface area contributed by atoms with Crippen molar-refractivity contribution in [3.05, 3.63) is 10.4 Å². The van der Waals surface area contributed by atoms with E-state index in [0.29, 0.717) is 0 Å². The van der Waals surface area contributed by atoms with E-state index >= 15 is 0 Å². The average molecular weight is 207 g/mol. The number of hydrogen-bond acceptors (Lipinski definition) is 5. The molecule has 0 aromatic heterocycles. The Balaban J connectivity index is 2.78. The second kappa shape index (κ2) is 4.54. The van der Waals surface area contributed by atoms with E-state index in [2.05, 4.69) is 14.8 Å². The highest BCUT2D eigenvalue weighted by atomic mass is 19.1. The molecular weight excluding hydrogens is 197 g/mol. The SMILES string of the molecule is [N-]=[N+]=N[C@@H]1[C@@H](O)[C@H](F)[C@@H](CO)O[C@@H]1O. The molecule has 7 nitrogen and oxygen atoms in total. The van der Waals surface area contributed by atoms with Crippen LogP contribution in [0.3, 0.4) is 0 Å². The van der Waals surface area contributed by atoms with Gasteiger partial charge in [-0.2, -0.15) is 0 Å². The number of rotatable bonds is 2. The van der Waals surface area contributed by atoms with E-state index in [4.69, 9.17) is 15.7 Å². The average Bonchev–Trinajstić information content (AvgIpc) is 2.18. The van der Waals surface area contributed by atoms with Crippen LogP contribution in [0.5, 0.6) is 0 Å². The number of nitrogens with zero attached hydrogens (tertiary/aromatic N) is 3. The molecule has 14 heavy (non-hydrogen) atoms. The van der Waals surface area contributed by atoms with Crippen molar-refractivity contribution >= 4 is 0 Å². The molecule has 0 spiro atoms. The van der Waals surface area contributed by atoms with E-state index in [0.717, 1.165) is 0 Å². The summed E-state index contributed by atoms with van der Waals surface area (Å²) in [6.45, 7) is -0.668. The van der Waals surface area contributed by atoms with Gasteiger partial charge in [0, 0.05) is 4.91 Å². The van der Waals surface area contributed by atoms with Gasteiger partial charge in [-0.25, -0.2) is 4.39 Å². The maximum atomic E-state index is 13.2. The van der Waals surface area contributed by atoms with Crippen LogP contribution in [-0.2, 0) is 4.74 Å². The summed E-state index contributed by atoms with van der Waals surface area (Å²) in [6.07, 6.45) is -6.47. The summed E-state index contributed by atoms with van der Waals surface area (Å²) in [5, 5.41) is 30.0. The van der Waals surface area contributed by atoms with E-state index in [1.807, 2.05) is 0 Å². The van der Waals surface area contributed by atoms with Crippen molar-refractivity contribution in [3.8, 4) is 0 Å². The second-order valence-electron chi connectivity index (χ2n) is 2.88. The third-order valence-electron chi connectivity index (χ3n) is 2.00. The van der Waals surface area contributed by atoms with Gasteiger partial charge in [0.2, 0.25) is 0 Å². The first-order valence-corrected chi connectivity index (χ1v) is 3.92. The number of halogens is 1. The van der Waals surface area contributed by atoms with Crippen LogP contribution in [-0.4, -0.2) is 52.6 Å². The lowest BCUT2D eigenvalue weighted by Crippen LogP contribution is -2.55. The monoisotopic (exact) mass is 207 g/mol. The Hall–Kier alpha value is -0.920. The van der Waals surface area contributed by atoms with Crippen molar-refractivity contribution < 1.29 is 24.4 Å². The molecule has 0 unspecified atom stereocenters. The fraction of sp³-hybridized carbons (Fsp3) is 1.00. The van der Waals surface area contributed by atoms with Crippen LogP contribution in [0, 0.1) is 0 Å². The van der Waals surface area contributed by atoms with E-state index < -0.39 is 37.3 Å². The van der Waals surface area contributed by atoms with E-state index in [-0.39, 0.29) is 0 Å². The third-order valence-corrected chi connectivity index (χ3v) is 2.00. The van der Waals surface area contributed by atoms with Gasteiger partial charge in [0.1, 0.15) is 18.2 Å². The molecule has 1 heterocycles. The molecule has 1 saturated heterocycles. The fourth-order valence-corrected chi connectivity index (χ4v) is 1.24. The first-order valence-electron chi connectivity index (χ1n) is 3.92. The third kappa shape index (κ3) is 1.94. The van der Waals surface area contributed by atoms with Crippen LogP contribution >= 0.6 is 0 Å². The highest BCUT2D eigenvalue weighted by molar-refractivity contribution is 4.93. The van der Waals surface area contributed by atoms with E-state index in [1.165, 1.54) is 0 Å². The first-order chi connectivity index (χ1) is 6.61. The molecular formula is C6H10FN3O4. The molecule has 1 rings (SSSR count). The predicted octanol–water partition coefficient (Wildman–Crippen LogP) is -0.926. The van der Waals surface area contributed by atoms with E-state index in [9.17, 15) is 9.50 Å². The minimum atomic E-state index is -1.89. The quantitative estimate of drug-likeness (QED) is 0.308. The van der Waals surface area contributed by atoms with Gasteiger partial charge in [-0.1, -0.05) is 5.11 Å². The van der Waals surface area contributed by atoms with Gasteiger partial charge in [0.15, 0.2) is 12.5 Å². The Bertz CT molecular complexity index is 247. The van der Waals surface area contributed by atoms with Crippen LogP contribution in [0.1, 0.15) is 0 Å². The Labute approximate surface area is 78.4 Å². The Kier molecular flexibility index (Phi) is 3.62. The smallest absolute Gasteiger partial charge is 0.166 e. The van der Waals surface area contributed by atoms with Gasteiger partial charge in [-0.3, -0.25) is 0 Å². The van der Waals surface area contributed by atoms with Gasteiger partial charge in [0.05, 0.1) is 6.61 Å². The molecule has 80 valence electrons. The first kappa shape index (κ1) is 11.2. The highest BCUT2D eigenvalue weighted by Crippen LogP contribution is 2.24. The van der Waals surface area contributed by atoms with Gasteiger partial charge in [-0.05, 0) is 5.53 Å². The minimum absolute atomic E-state index is 0.668. The number of hydrogen-bond donors (Lipinski definition) is 3. The lowest BCUT2D eigenvalue weighted by atomic mass is 9.99. The standard InChI is InChI=1S/C6H10FN3O4/c7-3-2(1-11)14-6(13)4(5(3)12)9-10-8/h2-6,11-13H,1H2/t2-,3-,4-,5+,6+/m1/s1. The number of alkyl halides is 1. The van der Waals surface area contributed by atoms with Crippen LogP contribution in [0.15, 0.2) is 5.11 Å². The zero-order chi connectivity index (χ0) is 10.7. The van der Waals surface area contributed by atoms with Gasteiger partial charge < -0.3 is 20.1 Å². The van der Waals surface area contributed by atoms with Gasteiger partial charge >= 0.3 is 0 Å². The van der Waals surface area contributed by atoms with Crippen molar-refractivity contribution in [1.29, 1.82) is 0 Å². The Morgan fingerprint density at radius 3 is 2.64 bits per heavy atom. The van der Waals surface area contributed by atoms with Gasteiger partial charge in [0.25, 0.3) is 0 Å². The highest BCUT2D eigenvalue weighted by Gasteiger charge is 2.44. The largest absolute Gasteiger partial charge is 0.394 e. The fourth-order valence-electron chi connectivity index (χ4n) is 1.24. The molecule has 0 aromatic rings. The molecule has 3 N–H and O–H groups in total. The molecule has 5 atom stereocenters. The van der Waals surface area contributed by atoms with Crippen molar-refractivity contribution in [2.24, 2.45) is 5.11 Å². The molecule has 1 aliphatic heterocycles. The number of ether oxygens (including phenoxy) is 1. The zero-order valence-electron chi connectivity index (χ0n) is 7.06. The van der Waals surface area contributed by atoms with Crippen LogP contribution < -0.4 is 0 Å². The summed E-state index contributed by atoms with van der Waals surface area (Å²) >= 11 is 0. The molecule has 0 aliphatic carbocycles. The number of aliphatic hydroxyl groups excluding tert-OH is 3. The lowest BCUT2D eigenvalue weighted by Gasteiger charge is -2.36. The predicted molar refractivity (Wildman–Crippen MR) is 41.8 cm³/mol. The summed E-state index contributed by atoms with van der Waals surface area (Å²) in [7, 11) is 0. The van der Waals surface area contributed by atoms with Crippen molar-refractivity contribution in [1.82, 2.24) is 0 Å². The summed E-state index contributed by atoms with van der Waals surface area (Å²) < 4.78 is 17.7. The summed E-state index contributed by atoms with van der Waals surface area (Å²) in [4.78, 5) is 2.34. The van der Waals surface area contributed by atoms with Gasteiger partial charge in [-0.15, -0.1) is 0 Å². The molecule has 0 bridgehead atoms. The minimum Gasteiger partial charge on any atom is -0.394 e. The molecule has 1 aliphatic rings. The van der Waals surface area contributed by atoms with Crippen LogP contribution in [0.25, 0.3) is 10.4 Å². The molecule has 0 saturated carbocycles. The zero-order valence-corrected chi connectivity index (χ0v) is 7.06. The molecule has 0 radical (unpaired) electrons. The van der Waals surface area contributed by atoms with E-state index in [1.54, 1.807) is 0 Å².